The second kappa shape index (κ2) is 13.1. The number of nitriles is 1. The first kappa shape index (κ1) is 32.1. The molecule has 0 spiro atoms. The van der Waals surface area contributed by atoms with E-state index in [1.807, 2.05) is 48.5 Å². The van der Waals surface area contributed by atoms with E-state index in [0.717, 1.165) is 28.2 Å². The molecule has 256 valence electrons. The SMILES string of the molecule is N#Cc1ccc(N(c2ccc(C=N)cc2)c2cccc(-c3ccc4c5c(cccc35)-c3c-4c(-c4ccccc4)c4ccccc4c3-c3ccccc3)c2)cc1. The Morgan fingerprint density at radius 1 is 0.418 bits per heavy atom. The van der Waals surface area contributed by atoms with Gasteiger partial charge in [-0.2, -0.15) is 5.26 Å². The highest BCUT2D eigenvalue weighted by Crippen LogP contribution is 2.58. The van der Waals surface area contributed by atoms with Crippen LogP contribution in [0.25, 0.3) is 77.2 Å². The van der Waals surface area contributed by atoms with Gasteiger partial charge in [0.05, 0.1) is 11.6 Å². The number of nitrogens with zero attached hydrogens (tertiary/aromatic N) is 2. The Kier molecular flexibility index (Phi) is 7.68. The number of benzene rings is 9. The van der Waals surface area contributed by atoms with Crippen LogP contribution in [0.3, 0.4) is 0 Å². The van der Waals surface area contributed by atoms with Crippen LogP contribution in [0.1, 0.15) is 11.1 Å². The minimum Gasteiger partial charge on any atom is -0.310 e. The summed E-state index contributed by atoms with van der Waals surface area (Å²) in [7, 11) is 0. The first-order valence-electron chi connectivity index (χ1n) is 18.5. The molecule has 1 aliphatic rings. The predicted octanol–water partition coefficient (Wildman–Crippen LogP) is 14.0. The highest BCUT2D eigenvalue weighted by atomic mass is 15.1. The van der Waals surface area contributed by atoms with Gasteiger partial charge in [0.1, 0.15) is 0 Å². The molecule has 0 fully saturated rings. The molecule has 0 aromatic heterocycles. The van der Waals surface area contributed by atoms with Crippen LogP contribution in [0.2, 0.25) is 0 Å². The summed E-state index contributed by atoms with van der Waals surface area (Å²) in [6.07, 6.45) is 1.36. The zero-order valence-corrected chi connectivity index (χ0v) is 29.9. The topological polar surface area (TPSA) is 50.9 Å². The molecule has 0 atom stereocenters. The summed E-state index contributed by atoms with van der Waals surface area (Å²) in [4.78, 5) is 2.21. The quantitative estimate of drug-likeness (QED) is 0.168. The Morgan fingerprint density at radius 2 is 0.927 bits per heavy atom. The number of hydrogen-bond acceptors (Lipinski definition) is 3. The van der Waals surface area contributed by atoms with Gasteiger partial charge in [-0.1, -0.05) is 140 Å². The lowest BCUT2D eigenvalue weighted by molar-refractivity contribution is 1.28. The summed E-state index contributed by atoms with van der Waals surface area (Å²) in [6, 6.07) is 68.6. The van der Waals surface area contributed by atoms with Gasteiger partial charge in [0.25, 0.3) is 0 Å². The van der Waals surface area contributed by atoms with Gasteiger partial charge in [-0.15, -0.1) is 0 Å². The molecule has 0 aliphatic heterocycles. The molecule has 9 aromatic rings. The average molecular weight is 700 g/mol. The van der Waals surface area contributed by atoms with Crippen LogP contribution in [-0.2, 0) is 0 Å². The van der Waals surface area contributed by atoms with E-state index in [9.17, 15) is 5.26 Å². The lowest BCUT2D eigenvalue weighted by Gasteiger charge is -2.26. The Hall–Kier alpha value is -7.54. The van der Waals surface area contributed by atoms with Crippen LogP contribution in [0.15, 0.2) is 188 Å². The van der Waals surface area contributed by atoms with E-state index in [0.29, 0.717) is 5.56 Å². The van der Waals surface area contributed by atoms with Crippen molar-refractivity contribution in [1.29, 1.82) is 10.7 Å². The van der Waals surface area contributed by atoms with Crippen molar-refractivity contribution < 1.29 is 0 Å². The first-order valence-corrected chi connectivity index (χ1v) is 18.5. The van der Waals surface area contributed by atoms with Crippen molar-refractivity contribution in [2.24, 2.45) is 0 Å². The van der Waals surface area contributed by atoms with Crippen LogP contribution >= 0.6 is 0 Å². The lowest BCUT2D eigenvalue weighted by Crippen LogP contribution is -2.10. The fourth-order valence-corrected chi connectivity index (χ4v) is 8.53. The summed E-state index contributed by atoms with van der Waals surface area (Å²) in [5, 5.41) is 22.2. The third-order valence-corrected chi connectivity index (χ3v) is 10.9. The first-order chi connectivity index (χ1) is 27.2. The average Bonchev–Trinajstić information content (AvgIpc) is 3.59. The molecule has 0 amide bonds. The summed E-state index contributed by atoms with van der Waals surface area (Å²) >= 11 is 0. The molecule has 1 N–H and O–H groups in total. The second-order valence-corrected chi connectivity index (χ2v) is 13.9. The fourth-order valence-electron chi connectivity index (χ4n) is 8.53. The van der Waals surface area contributed by atoms with E-state index >= 15 is 0 Å². The molecule has 0 radical (unpaired) electrons. The maximum atomic E-state index is 9.52. The highest BCUT2D eigenvalue weighted by molar-refractivity contribution is 6.28. The number of anilines is 3. The summed E-state index contributed by atoms with van der Waals surface area (Å²) in [6.45, 7) is 0. The van der Waals surface area contributed by atoms with Gasteiger partial charge in [0.2, 0.25) is 0 Å². The van der Waals surface area contributed by atoms with Gasteiger partial charge in [0.15, 0.2) is 0 Å². The van der Waals surface area contributed by atoms with E-state index in [1.54, 1.807) is 0 Å². The number of rotatable bonds is 7. The van der Waals surface area contributed by atoms with Crippen LogP contribution in [0.4, 0.5) is 17.1 Å². The Morgan fingerprint density at radius 3 is 1.53 bits per heavy atom. The lowest BCUT2D eigenvalue weighted by atomic mass is 9.82. The summed E-state index contributed by atoms with van der Waals surface area (Å²) < 4.78 is 0. The highest BCUT2D eigenvalue weighted by Gasteiger charge is 2.31. The molecule has 0 saturated heterocycles. The van der Waals surface area contributed by atoms with Gasteiger partial charge >= 0.3 is 0 Å². The fraction of sp³-hybridized carbons (Fsp3) is 0. The normalized spacial score (nSPS) is 11.3. The van der Waals surface area contributed by atoms with E-state index in [4.69, 9.17) is 5.41 Å². The molecule has 1 aliphatic carbocycles. The predicted molar refractivity (Wildman–Crippen MR) is 229 cm³/mol. The molecule has 55 heavy (non-hydrogen) atoms. The minimum atomic E-state index is 0.615. The van der Waals surface area contributed by atoms with Crippen molar-refractivity contribution in [2.45, 2.75) is 0 Å². The smallest absolute Gasteiger partial charge is 0.0991 e. The number of fused-ring (bicyclic) bond motifs is 4. The van der Waals surface area contributed by atoms with Gasteiger partial charge in [-0.25, -0.2) is 0 Å². The molecule has 9 aromatic carbocycles. The monoisotopic (exact) mass is 699 g/mol. The van der Waals surface area contributed by atoms with E-state index in [-0.39, 0.29) is 0 Å². The number of hydrogen-bond donors (Lipinski definition) is 1. The molecule has 0 saturated carbocycles. The largest absolute Gasteiger partial charge is 0.310 e. The zero-order valence-electron chi connectivity index (χ0n) is 29.9. The molecule has 0 bridgehead atoms. The van der Waals surface area contributed by atoms with Crippen molar-refractivity contribution in [3.8, 4) is 61.7 Å². The Labute approximate surface area is 320 Å². The third kappa shape index (κ3) is 5.23. The van der Waals surface area contributed by atoms with Crippen LogP contribution < -0.4 is 4.90 Å². The van der Waals surface area contributed by atoms with Crippen molar-refractivity contribution >= 4 is 44.8 Å². The molecule has 3 nitrogen and oxygen atoms in total. The third-order valence-electron chi connectivity index (χ3n) is 10.9. The maximum absolute atomic E-state index is 9.52. The van der Waals surface area contributed by atoms with Crippen molar-refractivity contribution in [3.63, 3.8) is 0 Å². The zero-order chi connectivity index (χ0) is 36.9. The molecule has 3 heteroatoms. The van der Waals surface area contributed by atoms with E-state index < -0.39 is 0 Å². The molecular formula is C52H33N3. The van der Waals surface area contributed by atoms with Gasteiger partial charge in [0, 0.05) is 23.3 Å². The van der Waals surface area contributed by atoms with E-state index in [2.05, 4.69) is 150 Å². The standard InChI is InChI=1S/C52H33N3/c53-32-34-21-25-39(26-22-34)55(40-27-23-35(33-54)24-28-40)41-16-9-15-38(31-41)42-29-30-47-50-43(42)19-10-20-46(50)51-48(36-11-3-1-4-12-36)44-17-7-8-18-45(44)49(52(47)51)37-13-5-2-6-14-37/h1-32,53H. The molecule has 10 rings (SSSR count). The molecule has 0 unspecified atom stereocenters. The summed E-state index contributed by atoms with van der Waals surface area (Å²) in [5.41, 5.74) is 16.7. The minimum absolute atomic E-state index is 0.615. The molecule has 0 heterocycles. The van der Waals surface area contributed by atoms with Crippen LogP contribution in [0, 0.1) is 16.7 Å². The second-order valence-electron chi connectivity index (χ2n) is 13.9. The van der Waals surface area contributed by atoms with Crippen molar-refractivity contribution in [2.75, 3.05) is 4.90 Å². The Balaban J connectivity index is 1.21. The van der Waals surface area contributed by atoms with E-state index in [1.165, 1.54) is 77.8 Å². The molecular weight excluding hydrogens is 667 g/mol. The van der Waals surface area contributed by atoms with Gasteiger partial charge < -0.3 is 10.3 Å². The Bertz CT molecular complexity index is 2880. The maximum Gasteiger partial charge on any atom is 0.0991 e. The summed E-state index contributed by atoms with van der Waals surface area (Å²) in [5.74, 6) is 0. The van der Waals surface area contributed by atoms with Gasteiger partial charge in [-0.3, -0.25) is 0 Å². The van der Waals surface area contributed by atoms with Crippen LogP contribution in [-0.4, -0.2) is 6.21 Å². The van der Waals surface area contributed by atoms with Crippen molar-refractivity contribution in [1.82, 2.24) is 0 Å². The van der Waals surface area contributed by atoms with Gasteiger partial charge in [-0.05, 0) is 131 Å². The van der Waals surface area contributed by atoms with Crippen LogP contribution in [0.5, 0.6) is 0 Å². The number of nitrogens with one attached hydrogen (secondary N) is 1. The van der Waals surface area contributed by atoms with Crippen molar-refractivity contribution in [3.05, 3.63) is 199 Å².